The summed E-state index contributed by atoms with van der Waals surface area (Å²) in [5, 5.41) is 2.80. The number of alkyl halides is 2. The molecule has 0 aliphatic carbocycles. The molecular formula is C21H20F2N2O2S. The number of likely N-dealkylation sites (N-methyl/N-ethyl adjacent to an activating group) is 1. The third kappa shape index (κ3) is 5.36. The minimum absolute atomic E-state index is 0.0611. The summed E-state index contributed by atoms with van der Waals surface area (Å²) in [7, 11) is 1.71. The minimum atomic E-state index is -2.85. The average molecular weight is 402 g/mol. The summed E-state index contributed by atoms with van der Waals surface area (Å²) in [5.74, 6) is 0.0351. The van der Waals surface area contributed by atoms with Crippen LogP contribution in [-0.4, -0.2) is 29.5 Å². The Balaban J connectivity index is 1.58. The summed E-state index contributed by atoms with van der Waals surface area (Å²) >= 11 is 1.52. The molecule has 28 heavy (non-hydrogen) atoms. The van der Waals surface area contributed by atoms with E-state index in [4.69, 9.17) is 0 Å². The first-order chi connectivity index (χ1) is 13.4. The molecule has 3 rings (SSSR count). The quantitative estimate of drug-likeness (QED) is 0.563. The van der Waals surface area contributed by atoms with E-state index < -0.39 is 6.61 Å². The van der Waals surface area contributed by atoms with E-state index in [9.17, 15) is 13.6 Å². The lowest BCUT2D eigenvalue weighted by molar-refractivity contribution is -0.129. The van der Waals surface area contributed by atoms with Crippen molar-refractivity contribution in [3.63, 3.8) is 0 Å². The number of rotatable bonds is 7. The number of amides is 1. The number of halogens is 2. The molecule has 0 N–H and O–H groups in total. The Bertz CT molecular complexity index is 942. The van der Waals surface area contributed by atoms with Crippen LogP contribution >= 0.6 is 11.3 Å². The molecule has 0 bridgehead atoms. The second kappa shape index (κ2) is 8.93. The lowest BCUT2D eigenvalue weighted by Crippen LogP contribution is -2.27. The van der Waals surface area contributed by atoms with Gasteiger partial charge in [0.15, 0.2) is 0 Å². The molecule has 0 atom stereocenters. The van der Waals surface area contributed by atoms with Gasteiger partial charge in [0, 0.05) is 24.5 Å². The van der Waals surface area contributed by atoms with Crippen LogP contribution in [0.5, 0.6) is 5.75 Å². The first kappa shape index (κ1) is 19.9. The standard InChI is InChI=1S/C21H20F2N2O2S/c1-14-4-3-5-16(10-14)20-24-17(13-28-20)11-19(26)25(2)12-15-6-8-18(9-7-15)27-21(22)23/h3-10,13,21H,11-12H2,1-2H3. The zero-order valence-corrected chi connectivity index (χ0v) is 16.4. The van der Waals surface area contributed by atoms with Crippen molar-refractivity contribution in [2.75, 3.05) is 7.05 Å². The molecule has 7 heteroatoms. The van der Waals surface area contributed by atoms with Crippen molar-refractivity contribution in [3.8, 4) is 16.3 Å². The highest BCUT2D eigenvalue weighted by molar-refractivity contribution is 7.13. The fraction of sp³-hybridized carbons (Fsp3) is 0.238. The summed E-state index contributed by atoms with van der Waals surface area (Å²) in [4.78, 5) is 18.7. The summed E-state index contributed by atoms with van der Waals surface area (Å²) in [6.45, 7) is -0.441. The van der Waals surface area contributed by atoms with E-state index in [1.54, 1.807) is 24.1 Å². The second-order valence-electron chi connectivity index (χ2n) is 6.46. The molecule has 1 amide bonds. The van der Waals surface area contributed by atoms with E-state index in [0.717, 1.165) is 27.4 Å². The van der Waals surface area contributed by atoms with Crippen molar-refractivity contribution in [1.29, 1.82) is 0 Å². The molecular weight excluding hydrogens is 382 g/mol. The largest absolute Gasteiger partial charge is 0.435 e. The van der Waals surface area contributed by atoms with Gasteiger partial charge in [0.05, 0.1) is 12.1 Å². The number of thiazole rings is 1. The number of benzene rings is 2. The fourth-order valence-corrected chi connectivity index (χ4v) is 3.54. The van der Waals surface area contributed by atoms with Gasteiger partial charge < -0.3 is 9.64 Å². The van der Waals surface area contributed by atoms with E-state index in [1.807, 2.05) is 30.5 Å². The number of aryl methyl sites for hydroxylation is 1. The summed E-state index contributed by atoms with van der Waals surface area (Å²) in [5.41, 5.74) is 3.77. The molecule has 146 valence electrons. The number of carbonyl (C=O) groups is 1. The smallest absolute Gasteiger partial charge is 0.387 e. The maximum atomic E-state index is 12.5. The van der Waals surface area contributed by atoms with Gasteiger partial charge in [-0.15, -0.1) is 11.3 Å². The van der Waals surface area contributed by atoms with E-state index in [1.165, 1.54) is 23.5 Å². The van der Waals surface area contributed by atoms with Crippen molar-refractivity contribution in [2.45, 2.75) is 26.5 Å². The van der Waals surface area contributed by atoms with Crippen LogP contribution in [0, 0.1) is 6.92 Å². The van der Waals surface area contributed by atoms with Crippen LogP contribution in [0.4, 0.5) is 8.78 Å². The highest BCUT2D eigenvalue weighted by Gasteiger charge is 2.14. The Kier molecular flexibility index (Phi) is 6.36. The highest BCUT2D eigenvalue weighted by Crippen LogP contribution is 2.25. The van der Waals surface area contributed by atoms with Crippen LogP contribution in [-0.2, 0) is 17.8 Å². The maximum absolute atomic E-state index is 12.5. The monoisotopic (exact) mass is 402 g/mol. The Hall–Kier alpha value is -2.80. The average Bonchev–Trinajstić information content (AvgIpc) is 3.11. The summed E-state index contributed by atoms with van der Waals surface area (Å²) in [6.07, 6.45) is 0.214. The fourth-order valence-electron chi connectivity index (χ4n) is 2.73. The van der Waals surface area contributed by atoms with Gasteiger partial charge in [0.1, 0.15) is 10.8 Å². The van der Waals surface area contributed by atoms with Crippen molar-refractivity contribution in [1.82, 2.24) is 9.88 Å². The normalized spacial score (nSPS) is 10.9. The molecule has 4 nitrogen and oxygen atoms in total. The summed E-state index contributed by atoms with van der Waals surface area (Å²) in [6, 6.07) is 14.4. The topological polar surface area (TPSA) is 42.4 Å². The number of ether oxygens (including phenoxy) is 1. The number of nitrogens with zero attached hydrogens (tertiary/aromatic N) is 2. The molecule has 0 unspecified atom stereocenters. The third-order valence-corrected chi connectivity index (χ3v) is 5.08. The van der Waals surface area contributed by atoms with E-state index in [-0.39, 0.29) is 18.1 Å². The predicted octanol–water partition coefficient (Wildman–Crippen LogP) is 4.92. The number of carbonyl (C=O) groups excluding carboxylic acids is 1. The van der Waals surface area contributed by atoms with Crippen LogP contribution in [0.25, 0.3) is 10.6 Å². The van der Waals surface area contributed by atoms with Gasteiger partial charge in [-0.2, -0.15) is 8.78 Å². The second-order valence-corrected chi connectivity index (χ2v) is 7.32. The molecule has 0 radical (unpaired) electrons. The van der Waals surface area contributed by atoms with Gasteiger partial charge in [0.25, 0.3) is 0 Å². The number of hydrogen-bond donors (Lipinski definition) is 0. The SMILES string of the molecule is Cc1cccc(-c2nc(CC(=O)N(C)Cc3ccc(OC(F)F)cc3)cs2)c1. The highest BCUT2D eigenvalue weighted by atomic mass is 32.1. The zero-order valence-electron chi connectivity index (χ0n) is 15.6. The van der Waals surface area contributed by atoms with E-state index >= 15 is 0 Å². The first-order valence-corrected chi connectivity index (χ1v) is 9.58. The van der Waals surface area contributed by atoms with Gasteiger partial charge in [-0.1, -0.05) is 35.9 Å². The summed E-state index contributed by atoms with van der Waals surface area (Å²) < 4.78 is 28.7. The lowest BCUT2D eigenvalue weighted by Gasteiger charge is -2.17. The van der Waals surface area contributed by atoms with Gasteiger partial charge in [-0.3, -0.25) is 4.79 Å². The Morgan fingerprint density at radius 1 is 1.21 bits per heavy atom. The first-order valence-electron chi connectivity index (χ1n) is 8.70. The molecule has 1 heterocycles. The molecule has 2 aromatic carbocycles. The Morgan fingerprint density at radius 2 is 1.96 bits per heavy atom. The molecule has 3 aromatic rings. The van der Waals surface area contributed by atoms with Gasteiger partial charge in [-0.25, -0.2) is 4.98 Å². The molecule has 0 spiro atoms. The van der Waals surface area contributed by atoms with Gasteiger partial charge in [0.2, 0.25) is 5.91 Å². The lowest BCUT2D eigenvalue weighted by atomic mass is 10.1. The Morgan fingerprint density at radius 3 is 2.64 bits per heavy atom. The van der Waals surface area contributed by atoms with Crippen molar-refractivity contribution in [2.24, 2.45) is 0 Å². The van der Waals surface area contributed by atoms with Gasteiger partial charge in [-0.05, 0) is 30.7 Å². The van der Waals surface area contributed by atoms with Crippen LogP contribution in [0.2, 0.25) is 0 Å². The van der Waals surface area contributed by atoms with Crippen molar-refractivity contribution >= 4 is 17.2 Å². The van der Waals surface area contributed by atoms with Crippen LogP contribution in [0.1, 0.15) is 16.8 Å². The molecule has 0 saturated carbocycles. The molecule has 0 aliphatic heterocycles. The molecule has 1 aromatic heterocycles. The van der Waals surface area contributed by atoms with Crippen LogP contribution in [0.15, 0.2) is 53.9 Å². The molecule has 0 fully saturated rings. The minimum Gasteiger partial charge on any atom is -0.435 e. The van der Waals surface area contributed by atoms with Crippen molar-refractivity contribution < 1.29 is 18.3 Å². The number of aromatic nitrogens is 1. The van der Waals surface area contributed by atoms with E-state index in [2.05, 4.69) is 15.8 Å². The number of hydrogen-bond acceptors (Lipinski definition) is 4. The Labute approximate surface area is 166 Å². The third-order valence-electron chi connectivity index (χ3n) is 4.14. The maximum Gasteiger partial charge on any atom is 0.387 e. The zero-order chi connectivity index (χ0) is 20.1. The van der Waals surface area contributed by atoms with Gasteiger partial charge >= 0.3 is 6.61 Å². The van der Waals surface area contributed by atoms with E-state index in [0.29, 0.717) is 6.54 Å². The molecule has 0 saturated heterocycles. The molecule has 0 aliphatic rings. The van der Waals surface area contributed by atoms with Crippen molar-refractivity contribution in [3.05, 3.63) is 70.7 Å². The van der Waals surface area contributed by atoms with Crippen LogP contribution in [0.3, 0.4) is 0 Å². The van der Waals surface area contributed by atoms with Crippen LogP contribution < -0.4 is 4.74 Å². The predicted molar refractivity (Wildman–Crippen MR) is 106 cm³/mol.